The van der Waals surface area contributed by atoms with Gasteiger partial charge in [0.05, 0.1) is 5.69 Å². The van der Waals surface area contributed by atoms with Crippen molar-refractivity contribution in [3.63, 3.8) is 0 Å². The van der Waals surface area contributed by atoms with Crippen LogP contribution in [0.1, 0.15) is 11.3 Å². The Balaban J connectivity index is 2.02. The Morgan fingerprint density at radius 3 is 2.90 bits per heavy atom. The molecule has 0 aliphatic carbocycles. The summed E-state index contributed by atoms with van der Waals surface area (Å²) in [6.45, 7) is 2.20. The number of hydrogen-bond acceptors (Lipinski definition) is 3. The highest BCUT2D eigenvalue weighted by atomic mass is 19.1. The maximum Gasteiger partial charge on any atom is 0.241 e. The molecular formula is C16H16FN3O. The second-order valence-electron chi connectivity index (χ2n) is 4.84. The highest BCUT2D eigenvalue weighted by Crippen LogP contribution is 2.27. The molecule has 2 aromatic heterocycles. The third-order valence-electron chi connectivity index (χ3n) is 3.33. The molecule has 0 fully saturated rings. The van der Waals surface area contributed by atoms with Crippen molar-refractivity contribution in [1.29, 1.82) is 0 Å². The molecule has 2 heterocycles. The molecule has 3 rings (SSSR count). The molecule has 3 aromatic rings. The summed E-state index contributed by atoms with van der Waals surface area (Å²) < 4.78 is 21.3. The molecule has 0 saturated carbocycles. The molecule has 21 heavy (non-hydrogen) atoms. The van der Waals surface area contributed by atoms with Crippen molar-refractivity contribution in [2.75, 3.05) is 6.54 Å². The van der Waals surface area contributed by atoms with Gasteiger partial charge in [-0.3, -0.25) is 0 Å². The molecule has 0 radical (unpaired) electrons. The molecule has 0 saturated heterocycles. The molecule has 0 aliphatic heterocycles. The van der Waals surface area contributed by atoms with Gasteiger partial charge in [-0.05, 0) is 37.2 Å². The Bertz CT molecular complexity index is 782. The number of aromatic nitrogens is 2. The molecule has 0 spiro atoms. The largest absolute Gasteiger partial charge is 0.437 e. The molecule has 1 aromatic carbocycles. The van der Waals surface area contributed by atoms with Crippen LogP contribution in [-0.4, -0.2) is 15.9 Å². The van der Waals surface area contributed by atoms with E-state index in [9.17, 15) is 4.39 Å². The maximum absolute atomic E-state index is 13.6. The molecular weight excluding hydrogens is 269 g/mol. The fourth-order valence-electron chi connectivity index (χ4n) is 2.22. The van der Waals surface area contributed by atoms with Gasteiger partial charge < -0.3 is 14.9 Å². The minimum Gasteiger partial charge on any atom is -0.437 e. The van der Waals surface area contributed by atoms with Gasteiger partial charge >= 0.3 is 0 Å². The van der Waals surface area contributed by atoms with E-state index in [4.69, 9.17) is 10.5 Å². The predicted octanol–water partition coefficient (Wildman–Crippen LogP) is 3.08. The highest BCUT2D eigenvalue weighted by molar-refractivity contribution is 5.47. The van der Waals surface area contributed by atoms with Gasteiger partial charge in [0.2, 0.25) is 5.88 Å². The third-order valence-corrected chi connectivity index (χ3v) is 3.33. The Labute approximate surface area is 122 Å². The lowest BCUT2D eigenvalue weighted by molar-refractivity contribution is 0.454. The molecule has 0 aliphatic rings. The molecule has 2 N–H and O–H groups in total. The summed E-state index contributed by atoms with van der Waals surface area (Å²) in [5.74, 6) is 0.603. The van der Waals surface area contributed by atoms with Crippen LogP contribution in [0.3, 0.4) is 0 Å². The summed E-state index contributed by atoms with van der Waals surface area (Å²) in [6, 6.07) is 10.5. The van der Waals surface area contributed by atoms with Gasteiger partial charge in [0, 0.05) is 18.7 Å². The smallest absolute Gasteiger partial charge is 0.241 e. The van der Waals surface area contributed by atoms with Crippen molar-refractivity contribution in [3.8, 4) is 11.6 Å². The van der Waals surface area contributed by atoms with Crippen LogP contribution in [0.15, 0.2) is 42.6 Å². The molecule has 0 amide bonds. The van der Waals surface area contributed by atoms with E-state index in [1.54, 1.807) is 19.1 Å². The second kappa shape index (κ2) is 5.54. The van der Waals surface area contributed by atoms with Crippen LogP contribution in [0.5, 0.6) is 11.6 Å². The normalized spacial score (nSPS) is 11.0. The first-order chi connectivity index (χ1) is 10.2. The van der Waals surface area contributed by atoms with Gasteiger partial charge in [-0.15, -0.1) is 0 Å². The molecule has 108 valence electrons. The summed E-state index contributed by atoms with van der Waals surface area (Å²) >= 11 is 0. The lowest BCUT2D eigenvalue weighted by Crippen LogP contribution is -2.06. The zero-order valence-corrected chi connectivity index (χ0v) is 11.7. The van der Waals surface area contributed by atoms with Gasteiger partial charge in [-0.1, -0.05) is 12.1 Å². The molecule has 0 bridgehead atoms. The quantitative estimate of drug-likeness (QED) is 0.801. The summed E-state index contributed by atoms with van der Waals surface area (Å²) in [5.41, 5.74) is 7.91. The van der Waals surface area contributed by atoms with Crippen molar-refractivity contribution in [2.45, 2.75) is 13.3 Å². The van der Waals surface area contributed by atoms with Crippen molar-refractivity contribution in [3.05, 3.63) is 59.7 Å². The summed E-state index contributed by atoms with van der Waals surface area (Å²) in [7, 11) is 0. The van der Waals surface area contributed by atoms with E-state index in [-0.39, 0.29) is 5.82 Å². The van der Waals surface area contributed by atoms with Crippen LogP contribution in [0.4, 0.5) is 4.39 Å². The zero-order chi connectivity index (χ0) is 14.8. The monoisotopic (exact) mass is 285 g/mol. The standard InChI is InChI=1S/C16H16FN3O/c1-11-5-6-12(10-13(11)17)21-16-14(7-8-18)20-9-3-2-4-15(20)19-16/h2-6,9-10H,7-8,18H2,1H3. The van der Waals surface area contributed by atoms with E-state index in [1.807, 2.05) is 28.8 Å². The number of hydrogen-bond donors (Lipinski definition) is 1. The fourth-order valence-corrected chi connectivity index (χ4v) is 2.22. The van der Waals surface area contributed by atoms with Crippen LogP contribution in [-0.2, 0) is 6.42 Å². The number of benzene rings is 1. The third kappa shape index (κ3) is 2.60. The van der Waals surface area contributed by atoms with E-state index in [1.165, 1.54) is 6.07 Å². The van der Waals surface area contributed by atoms with Gasteiger partial charge in [0.25, 0.3) is 0 Å². The summed E-state index contributed by atoms with van der Waals surface area (Å²) in [5, 5.41) is 0. The van der Waals surface area contributed by atoms with Crippen LogP contribution in [0.25, 0.3) is 5.65 Å². The number of nitrogens with two attached hydrogens (primary N) is 1. The number of rotatable bonds is 4. The predicted molar refractivity (Wildman–Crippen MR) is 79.2 cm³/mol. The fraction of sp³-hybridized carbons (Fsp3) is 0.188. The minimum atomic E-state index is -0.295. The van der Waals surface area contributed by atoms with Crippen molar-refractivity contribution >= 4 is 5.65 Å². The number of aryl methyl sites for hydroxylation is 1. The van der Waals surface area contributed by atoms with Crippen LogP contribution in [0.2, 0.25) is 0 Å². The minimum absolute atomic E-state index is 0.295. The van der Waals surface area contributed by atoms with E-state index in [0.29, 0.717) is 30.2 Å². The number of ether oxygens (including phenoxy) is 1. The first kappa shape index (κ1) is 13.6. The lowest BCUT2D eigenvalue weighted by atomic mass is 10.2. The van der Waals surface area contributed by atoms with Crippen LogP contribution >= 0.6 is 0 Å². The SMILES string of the molecule is Cc1ccc(Oc2nc3ccccn3c2CCN)cc1F. The second-order valence-corrected chi connectivity index (χ2v) is 4.84. The summed E-state index contributed by atoms with van der Waals surface area (Å²) in [4.78, 5) is 4.44. The number of fused-ring (bicyclic) bond motifs is 1. The first-order valence-corrected chi connectivity index (χ1v) is 6.79. The van der Waals surface area contributed by atoms with E-state index in [0.717, 1.165) is 11.3 Å². The van der Waals surface area contributed by atoms with Gasteiger partial charge in [-0.25, -0.2) is 4.39 Å². The molecule has 4 nitrogen and oxygen atoms in total. The van der Waals surface area contributed by atoms with Crippen LogP contribution < -0.4 is 10.5 Å². The van der Waals surface area contributed by atoms with Crippen molar-refractivity contribution in [2.24, 2.45) is 5.73 Å². The molecule has 0 atom stereocenters. The van der Waals surface area contributed by atoms with E-state index in [2.05, 4.69) is 4.98 Å². The van der Waals surface area contributed by atoms with Gasteiger partial charge in [-0.2, -0.15) is 4.98 Å². The number of halogens is 1. The molecule has 0 unspecified atom stereocenters. The van der Waals surface area contributed by atoms with Crippen molar-refractivity contribution < 1.29 is 9.13 Å². The Hall–Kier alpha value is -2.40. The van der Waals surface area contributed by atoms with Crippen molar-refractivity contribution in [1.82, 2.24) is 9.38 Å². The maximum atomic E-state index is 13.6. The van der Waals surface area contributed by atoms with Gasteiger partial charge in [0.15, 0.2) is 0 Å². The average Bonchev–Trinajstić information content (AvgIpc) is 2.81. The molecule has 5 heteroatoms. The number of imidazole rings is 1. The first-order valence-electron chi connectivity index (χ1n) is 6.79. The van der Waals surface area contributed by atoms with Crippen LogP contribution in [0, 0.1) is 12.7 Å². The lowest BCUT2D eigenvalue weighted by Gasteiger charge is -2.06. The van der Waals surface area contributed by atoms with E-state index >= 15 is 0 Å². The Morgan fingerprint density at radius 1 is 1.29 bits per heavy atom. The Kier molecular flexibility index (Phi) is 3.58. The highest BCUT2D eigenvalue weighted by Gasteiger charge is 2.13. The average molecular weight is 285 g/mol. The topological polar surface area (TPSA) is 52.5 Å². The Morgan fingerprint density at radius 2 is 2.14 bits per heavy atom. The number of nitrogens with zero attached hydrogens (tertiary/aromatic N) is 2. The van der Waals surface area contributed by atoms with E-state index < -0.39 is 0 Å². The summed E-state index contributed by atoms with van der Waals surface area (Å²) in [6.07, 6.45) is 2.55. The zero-order valence-electron chi connectivity index (χ0n) is 11.7. The van der Waals surface area contributed by atoms with Gasteiger partial charge in [0.1, 0.15) is 17.2 Å². The number of pyridine rings is 1.